The van der Waals surface area contributed by atoms with Crippen LogP contribution in [0.5, 0.6) is 5.75 Å². The SMILES string of the molecule is CCc1ccc2c(c1)[C@@H](N1CCCC1=O)[C@H](O)C(C)(C)O2. The largest absolute Gasteiger partial charge is 0.485 e. The number of fused-ring (bicyclic) bond motifs is 1. The van der Waals surface area contributed by atoms with Crippen molar-refractivity contribution in [2.45, 2.75) is 57.8 Å². The molecule has 21 heavy (non-hydrogen) atoms. The number of likely N-dealkylation sites (tertiary alicyclic amines) is 1. The van der Waals surface area contributed by atoms with Gasteiger partial charge in [0.05, 0.1) is 6.04 Å². The van der Waals surface area contributed by atoms with Gasteiger partial charge in [-0.3, -0.25) is 4.79 Å². The standard InChI is InChI=1S/C17H23NO3/c1-4-11-7-8-13-12(10-11)15(16(20)17(2,3)21-13)18-9-5-6-14(18)19/h7-8,10,15-16,20H,4-6,9H2,1-3H3/t15-,16+/m1/s1. The molecule has 0 unspecified atom stereocenters. The fourth-order valence-corrected chi connectivity index (χ4v) is 3.34. The fraction of sp³-hybridized carbons (Fsp3) is 0.588. The predicted octanol–water partition coefficient (Wildman–Crippen LogP) is 2.44. The van der Waals surface area contributed by atoms with Crippen molar-refractivity contribution >= 4 is 5.91 Å². The quantitative estimate of drug-likeness (QED) is 0.910. The number of amides is 1. The molecule has 1 amide bonds. The molecular weight excluding hydrogens is 266 g/mol. The van der Waals surface area contributed by atoms with Crippen LogP contribution in [-0.2, 0) is 11.2 Å². The molecule has 3 rings (SSSR count). The van der Waals surface area contributed by atoms with Gasteiger partial charge in [-0.1, -0.05) is 13.0 Å². The van der Waals surface area contributed by atoms with Crippen LogP contribution in [0.2, 0.25) is 0 Å². The number of ether oxygens (including phenoxy) is 1. The normalized spacial score (nSPS) is 27.4. The van der Waals surface area contributed by atoms with Gasteiger partial charge in [0.1, 0.15) is 17.5 Å². The summed E-state index contributed by atoms with van der Waals surface area (Å²) < 4.78 is 5.97. The van der Waals surface area contributed by atoms with Gasteiger partial charge in [-0.2, -0.15) is 0 Å². The lowest BCUT2D eigenvalue weighted by atomic mass is 9.85. The lowest BCUT2D eigenvalue weighted by Gasteiger charge is -2.45. The first kappa shape index (κ1) is 14.4. The van der Waals surface area contributed by atoms with E-state index in [0.717, 1.165) is 24.2 Å². The molecule has 0 spiro atoms. The van der Waals surface area contributed by atoms with Gasteiger partial charge in [0.2, 0.25) is 5.91 Å². The summed E-state index contributed by atoms with van der Waals surface area (Å²) >= 11 is 0. The van der Waals surface area contributed by atoms with Crippen molar-refractivity contribution in [3.63, 3.8) is 0 Å². The highest BCUT2D eigenvalue weighted by molar-refractivity contribution is 5.79. The summed E-state index contributed by atoms with van der Waals surface area (Å²) in [6, 6.07) is 5.79. The Balaban J connectivity index is 2.10. The molecule has 0 saturated carbocycles. The first-order valence-corrected chi connectivity index (χ1v) is 7.73. The van der Waals surface area contributed by atoms with Crippen LogP contribution in [0.4, 0.5) is 0 Å². The number of carbonyl (C=O) groups excluding carboxylic acids is 1. The van der Waals surface area contributed by atoms with E-state index < -0.39 is 11.7 Å². The minimum Gasteiger partial charge on any atom is -0.485 e. The lowest BCUT2D eigenvalue weighted by Crippen LogP contribution is -2.53. The third-order valence-electron chi connectivity index (χ3n) is 4.63. The number of benzene rings is 1. The monoisotopic (exact) mass is 289 g/mol. The minimum absolute atomic E-state index is 0.129. The Morgan fingerprint density at radius 3 is 2.81 bits per heavy atom. The topological polar surface area (TPSA) is 49.8 Å². The molecular formula is C17H23NO3. The summed E-state index contributed by atoms with van der Waals surface area (Å²) in [6.45, 7) is 6.57. The Bertz CT molecular complexity index is 567. The molecule has 0 aliphatic carbocycles. The number of hydrogen-bond donors (Lipinski definition) is 1. The number of aryl methyl sites for hydroxylation is 1. The van der Waals surface area contributed by atoms with Crippen molar-refractivity contribution in [1.82, 2.24) is 4.90 Å². The molecule has 1 N–H and O–H groups in total. The third kappa shape index (κ3) is 2.31. The van der Waals surface area contributed by atoms with Crippen molar-refractivity contribution in [1.29, 1.82) is 0 Å². The van der Waals surface area contributed by atoms with Crippen molar-refractivity contribution in [3.8, 4) is 5.75 Å². The second-order valence-corrected chi connectivity index (χ2v) is 6.51. The summed E-state index contributed by atoms with van der Waals surface area (Å²) in [4.78, 5) is 14.0. The molecule has 1 aromatic carbocycles. The Morgan fingerprint density at radius 2 is 2.19 bits per heavy atom. The van der Waals surface area contributed by atoms with Crippen LogP contribution in [0.1, 0.15) is 50.8 Å². The zero-order valence-corrected chi connectivity index (χ0v) is 12.9. The summed E-state index contributed by atoms with van der Waals surface area (Å²) in [5.74, 6) is 0.914. The number of aliphatic hydroxyl groups is 1. The van der Waals surface area contributed by atoms with Crippen LogP contribution in [0.15, 0.2) is 18.2 Å². The molecule has 0 radical (unpaired) electrons. The van der Waals surface area contributed by atoms with Crippen LogP contribution < -0.4 is 4.74 Å². The van der Waals surface area contributed by atoms with Gasteiger partial charge in [-0.05, 0) is 44.4 Å². The molecule has 2 aliphatic rings. The maximum absolute atomic E-state index is 12.2. The molecule has 0 aromatic heterocycles. The summed E-state index contributed by atoms with van der Waals surface area (Å²) in [7, 11) is 0. The Labute approximate surface area is 125 Å². The number of rotatable bonds is 2. The number of nitrogens with zero attached hydrogens (tertiary/aromatic N) is 1. The van der Waals surface area contributed by atoms with Gasteiger partial charge in [0.25, 0.3) is 0 Å². The highest BCUT2D eigenvalue weighted by Crippen LogP contribution is 2.44. The second kappa shape index (κ2) is 5.02. The highest BCUT2D eigenvalue weighted by Gasteiger charge is 2.47. The zero-order valence-electron chi connectivity index (χ0n) is 12.9. The molecule has 2 atom stereocenters. The predicted molar refractivity (Wildman–Crippen MR) is 80.2 cm³/mol. The molecule has 1 aromatic rings. The third-order valence-corrected chi connectivity index (χ3v) is 4.63. The Morgan fingerprint density at radius 1 is 1.43 bits per heavy atom. The van der Waals surface area contributed by atoms with E-state index in [2.05, 4.69) is 19.1 Å². The minimum atomic E-state index is -0.723. The molecule has 1 saturated heterocycles. The number of aliphatic hydroxyl groups excluding tert-OH is 1. The van der Waals surface area contributed by atoms with Crippen LogP contribution in [0.25, 0.3) is 0 Å². The van der Waals surface area contributed by atoms with E-state index in [9.17, 15) is 9.90 Å². The van der Waals surface area contributed by atoms with E-state index in [4.69, 9.17) is 4.74 Å². The molecule has 1 fully saturated rings. The maximum atomic E-state index is 12.2. The fourth-order valence-electron chi connectivity index (χ4n) is 3.34. The average Bonchev–Trinajstić information content (AvgIpc) is 2.86. The second-order valence-electron chi connectivity index (χ2n) is 6.51. The van der Waals surface area contributed by atoms with Gasteiger partial charge in [0.15, 0.2) is 0 Å². The van der Waals surface area contributed by atoms with Gasteiger partial charge < -0.3 is 14.7 Å². The van der Waals surface area contributed by atoms with Gasteiger partial charge in [-0.25, -0.2) is 0 Å². The van der Waals surface area contributed by atoms with Crippen molar-refractivity contribution in [2.75, 3.05) is 6.54 Å². The lowest BCUT2D eigenvalue weighted by molar-refractivity contribution is -0.139. The molecule has 2 heterocycles. The summed E-state index contributed by atoms with van der Waals surface area (Å²) in [5, 5.41) is 10.8. The van der Waals surface area contributed by atoms with Crippen molar-refractivity contribution in [3.05, 3.63) is 29.3 Å². The van der Waals surface area contributed by atoms with Gasteiger partial charge >= 0.3 is 0 Å². The van der Waals surface area contributed by atoms with E-state index in [1.54, 1.807) is 0 Å². The van der Waals surface area contributed by atoms with E-state index in [1.807, 2.05) is 24.8 Å². The molecule has 2 aliphatic heterocycles. The smallest absolute Gasteiger partial charge is 0.223 e. The highest BCUT2D eigenvalue weighted by atomic mass is 16.5. The van der Waals surface area contributed by atoms with Gasteiger partial charge in [-0.15, -0.1) is 0 Å². The van der Waals surface area contributed by atoms with Crippen LogP contribution in [0, 0.1) is 0 Å². The van der Waals surface area contributed by atoms with Crippen LogP contribution >= 0.6 is 0 Å². The van der Waals surface area contributed by atoms with E-state index in [0.29, 0.717) is 13.0 Å². The Kier molecular flexibility index (Phi) is 3.44. The van der Waals surface area contributed by atoms with E-state index in [1.165, 1.54) is 5.56 Å². The van der Waals surface area contributed by atoms with Crippen LogP contribution in [0.3, 0.4) is 0 Å². The maximum Gasteiger partial charge on any atom is 0.223 e. The average molecular weight is 289 g/mol. The van der Waals surface area contributed by atoms with E-state index >= 15 is 0 Å². The summed E-state index contributed by atoms with van der Waals surface area (Å²) in [6.07, 6.45) is 1.64. The Hall–Kier alpha value is -1.55. The molecule has 4 nitrogen and oxygen atoms in total. The van der Waals surface area contributed by atoms with Gasteiger partial charge in [0, 0.05) is 18.5 Å². The van der Waals surface area contributed by atoms with Crippen molar-refractivity contribution < 1.29 is 14.6 Å². The zero-order chi connectivity index (χ0) is 15.2. The molecule has 0 bridgehead atoms. The molecule has 4 heteroatoms. The number of hydrogen-bond acceptors (Lipinski definition) is 3. The first-order chi connectivity index (χ1) is 9.94. The summed E-state index contributed by atoms with van der Waals surface area (Å²) in [5.41, 5.74) is 1.44. The van der Waals surface area contributed by atoms with E-state index in [-0.39, 0.29) is 11.9 Å². The molecule has 114 valence electrons. The van der Waals surface area contributed by atoms with Crippen molar-refractivity contribution in [2.24, 2.45) is 0 Å². The first-order valence-electron chi connectivity index (χ1n) is 7.73. The number of carbonyl (C=O) groups is 1. The van der Waals surface area contributed by atoms with Crippen LogP contribution in [-0.4, -0.2) is 34.2 Å².